The first-order valence-corrected chi connectivity index (χ1v) is 3.01. The standard InChI is InChI=1S/C6H4N4O/c11-2-5-4-1-9-10-6(4)8-3-7-5/h1-3H,(H,7,8,9,10). The molecule has 5 nitrogen and oxygen atoms in total. The number of carbonyl (C=O) groups is 1. The summed E-state index contributed by atoms with van der Waals surface area (Å²) < 4.78 is 0. The molecule has 1 N–H and O–H groups in total. The fourth-order valence-corrected chi connectivity index (χ4v) is 0.877. The monoisotopic (exact) mass is 148 g/mol. The molecular weight excluding hydrogens is 144 g/mol. The molecule has 5 heteroatoms. The van der Waals surface area contributed by atoms with Crippen molar-refractivity contribution >= 4 is 17.3 Å². The number of hydrogen-bond acceptors (Lipinski definition) is 4. The van der Waals surface area contributed by atoms with Crippen LogP contribution in [0.4, 0.5) is 0 Å². The lowest BCUT2D eigenvalue weighted by atomic mass is 10.3. The first kappa shape index (κ1) is 5.96. The molecule has 0 aliphatic heterocycles. The first-order valence-electron chi connectivity index (χ1n) is 3.01. The maximum absolute atomic E-state index is 10.4. The Labute approximate surface area is 61.5 Å². The van der Waals surface area contributed by atoms with Gasteiger partial charge < -0.3 is 0 Å². The summed E-state index contributed by atoms with van der Waals surface area (Å²) in [5.74, 6) is 0. The zero-order valence-corrected chi connectivity index (χ0v) is 5.48. The second-order valence-corrected chi connectivity index (χ2v) is 2.01. The predicted molar refractivity (Wildman–Crippen MR) is 37.1 cm³/mol. The fourth-order valence-electron chi connectivity index (χ4n) is 0.877. The predicted octanol–water partition coefficient (Wildman–Crippen LogP) is 0.165. The zero-order chi connectivity index (χ0) is 7.68. The number of fused-ring (bicyclic) bond motifs is 1. The summed E-state index contributed by atoms with van der Waals surface area (Å²) in [7, 11) is 0. The van der Waals surface area contributed by atoms with Crippen LogP contribution in [0.2, 0.25) is 0 Å². The molecule has 0 saturated carbocycles. The lowest BCUT2D eigenvalue weighted by molar-refractivity contribution is 0.112. The molecule has 0 radical (unpaired) electrons. The number of hydrogen-bond donors (Lipinski definition) is 1. The van der Waals surface area contributed by atoms with Crippen LogP contribution >= 0.6 is 0 Å². The summed E-state index contributed by atoms with van der Waals surface area (Å²) in [5, 5.41) is 7.01. The largest absolute Gasteiger partial charge is 0.296 e. The smallest absolute Gasteiger partial charge is 0.169 e. The molecule has 2 aromatic rings. The van der Waals surface area contributed by atoms with Crippen molar-refractivity contribution < 1.29 is 4.79 Å². The Morgan fingerprint density at radius 2 is 2.36 bits per heavy atom. The van der Waals surface area contributed by atoms with E-state index in [0.717, 1.165) is 0 Å². The molecule has 0 unspecified atom stereocenters. The van der Waals surface area contributed by atoms with Gasteiger partial charge in [-0.05, 0) is 0 Å². The molecule has 11 heavy (non-hydrogen) atoms. The van der Waals surface area contributed by atoms with Crippen LogP contribution in [-0.4, -0.2) is 26.5 Å². The summed E-state index contributed by atoms with van der Waals surface area (Å²) in [6, 6.07) is 0. The van der Waals surface area contributed by atoms with Crippen molar-refractivity contribution in [3.8, 4) is 0 Å². The van der Waals surface area contributed by atoms with Gasteiger partial charge in [0.15, 0.2) is 11.9 Å². The second kappa shape index (κ2) is 2.12. The Morgan fingerprint density at radius 3 is 3.18 bits per heavy atom. The van der Waals surface area contributed by atoms with Gasteiger partial charge in [-0.15, -0.1) is 0 Å². The van der Waals surface area contributed by atoms with E-state index in [2.05, 4.69) is 20.2 Å². The number of nitrogens with zero attached hydrogens (tertiary/aromatic N) is 3. The van der Waals surface area contributed by atoms with Crippen LogP contribution in [0.15, 0.2) is 12.5 Å². The zero-order valence-electron chi connectivity index (χ0n) is 5.48. The number of carbonyl (C=O) groups excluding carboxylic acids is 1. The average Bonchev–Trinajstić information content (AvgIpc) is 2.50. The topological polar surface area (TPSA) is 71.5 Å². The van der Waals surface area contributed by atoms with E-state index in [1.165, 1.54) is 12.5 Å². The van der Waals surface area contributed by atoms with Crippen molar-refractivity contribution in [1.29, 1.82) is 0 Å². The van der Waals surface area contributed by atoms with Crippen LogP contribution < -0.4 is 0 Å². The van der Waals surface area contributed by atoms with Gasteiger partial charge in [-0.3, -0.25) is 9.89 Å². The summed E-state index contributed by atoms with van der Waals surface area (Å²) in [6.45, 7) is 0. The van der Waals surface area contributed by atoms with Gasteiger partial charge in [-0.2, -0.15) is 5.10 Å². The van der Waals surface area contributed by atoms with Gasteiger partial charge in [0, 0.05) is 0 Å². The molecule has 0 saturated heterocycles. The van der Waals surface area contributed by atoms with Gasteiger partial charge in [-0.1, -0.05) is 0 Å². The Balaban J connectivity index is 2.88. The minimum atomic E-state index is 0.365. The van der Waals surface area contributed by atoms with Crippen LogP contribution in [-0.2, 0) is 0 Å². The Bertz CT molecular complexity index is 394. The third-order valence-electron chi connectivity index (χ3n) is 1.39. The Kier molecular flexibility index (Phi) is 1.15. The Hall–Kier alpha value is -1.78. The van der Waals surface area contributed by atoms with E-state index in [1.54, 1.807) is 0 Å². The van der Waals surface area contributed by atoms with Crippen LogP contribution in [0.5, 0.6) is 0 Å². The van der Waals surface area contributed by atoms with Crippen molar-refractivity contribution in [2.75, 3.05) is 0 Å². The fraction of sp³-hybridized carbons (Fsp3) is 0. The highest BCUT2D eigenvalue weighted by atomic mass is 16.1. The third kappa shape index (κ3) is 0.778. The van der Waals surface area contributed by atoms with Gasteiger partial charge in [0.05, 0.1) is 11.6 Å². The summed E-state index contributed by atoms with van der Waals surface area (Å²) >= 11 is 0. The molecule has 2 rings (SSSR count). The number of rotatable bonds is 1. The van der Waals surface area contributed by atoms with Crippen molar-refractivity contribution in [1.82, 2.24) is 20.2 Å². The average molecular weight is 148 g/mol. The molecule has 0 aromatic carbocycles. The second-order valence-electron chi connectivity index (χ2n) is 2.01. The van der Waals surface area contributed by atoms with Crippen molar-refractivity contribution in [2.45, 2.75) is 0 Å². The summed E-state index contributed by atoms with van der Waals surface area (Å²) in [5.41, 5.74) is 0.950. The van der Waals surface area contributed by atoms with Crippen LogP contribution in [0.3, 0.4) is 0 Å². The lowest BCUT2D eigenvalue weighted by Gasteiger charge is -1.88. The van der Waals surface area contributed by atoms with Crippen LogP contribution in [0, 0.1) is 0 Å². The minimum absolute atomic E-state index is 0.365. The third-order valence-corrected chi connectivity index (χ3v) is 1.39. The molecule has 0 spiro atoms. The van der Waals surface area contributed by atoms with Gasteiger partial charge in [0.25, 0.3) is 0 Å². The van der Waals surface area contributed by atoms with Crippen molar-refractivity contribution in [3.05, 3.63) is 18.2 Å². The molecule has 2 aromatic heterocycles. The highest BCUT2D eigenvalue weighted by molar-refractivity contribution is 5.91. The van der Waals surface area contributed by atoms with Crippen LogP contribution in [0.25, 0.3) is 11.0 Å². The molecule has 0 aliphatic carbocycles. The van der Waals surface area contributed by atoms with Gasteiger partial charge in [0.2, 0.25) is 0 Å². The lowest BCUT2D eigenvalue weighted by Crippen LogP contribution is -1.88. The normalized spacial score (nSPS) is 10.2. The van der Waals surface area contributed by atoms with Crippen molar-refractivity contribution in [3.63, 3.8) is 0 Å². The van der Waals surface area contributed by atoms with E-state index in [1.807, 2.05) is 0 Å². The van der Waals surface area contributed by atoms with Crippen LogP contribution in [0.1, 0.15) is 10.5 Å². The quantitative estimate of drug-likeness (QED) is 0.585. The highest BCUT2D eigenvalue weighted by Gasteiger charge is 2.01. The van der Waals surface area contributed by atoms with E-state index < -0.39 is 0 Å². The molecular formula is C6H4N4O. The van der Waals surface area contributed by atoms with Gasteiger partial charge in [0.1, 0.15) is 12.0 Å². The van der Waals surface area contributed by atoms with E-state index in [0.29, 0.717) is 23.0 Å². The van der Waals surface area contributed by atoms with E-state index in [9.17, 15) is 4.79 Å². The number of H-pyrrole nitrogens is 1. The number of aldehydes is 1. The summed E-state index contributed by atoms with van der Waals surface area (Å²) in [4.78, 5) is 18.0. The van der Waals surface area contributed by atoms with Gasteiger partial charge in [-0.25, -0.2) is 9.97 Å². The minimum Gasteiger partial charge on any atom is -0.296 e. The summed E-state index contributed by atoms with van der Waals surface area (Å²) in [6.07, 6.45) is 3.53. The maximum Gasteiger partial charge on any atom is 0.169 e. The van der Waals surface area contributed by atoms with Crippen molar-refractivity contribution in [2.24, 2.45) is 0 Å². The number of nitrogens with one attached hydrogen (secondary N) is 1. The SMILES string of the molecule is O=Cc1ncnc2[nH]ncc12. The molecule has 54 valence electrons. The Morgan fingerprint density at radius 1 is 1.45 bits per heavy atom. The molecule has 0 fully saturated rings. The molecule has 0 bridgehead atoms. The first-order chi connectivity index (χ1) is 5.42. The molecule has 0 atom stereocenters. The van der Waals surface area contributed by atoms with Gasteiger partial charge >= 0.3 is 0 Å². The van der Waals surface area contributed by atoms with E-state index in [4.69, 9.17) is 0 Å². The molecule has 0 aliphatic rings. The number of aromatic nitrogens is 4. The molecule has 2 heterocycles. The van der Waals surface area contributed by atoms with E-state index in [-0.39, 0.29) is 0 Å². The number of aromatic amines is 1. The highest BCUT2D eigenvalue weighted by Crippen LogP contribution is 2.07. The van der Waals surface area contributed by atoms with E-state index >= 15 is 0 Å². The molecule has 0 amide bonds. The maximum atomic E-state index is 10.4.